The molecule has 1 aromatic rings. The number of primary amides is 1. The van der Waals surface area contributed by atoms with Gasteiger partial charge in [-0.25, -0.2) is 0 Å². The minimum atomic E-state index is -0.879. The maximum absolute atomic E-state index is 12.5. The Labute approximate surface area is 129 Å². The number of imide groups is 1. The van der Waals surface area contributed by atoms with Crippen LogP contribution in [0, 0.1) is 0 Å². The van der Waals surface area contributed by atoms with Gasteiger partial charge in [-0.1, -0.05) is 19.1 Å². The van der Waals surface area contributed by atoms with Gasteiger partial charge >= 0.3 is 0 Å². The van der Waals surface area contributed by atoms with Crippen LogP contribution in [0.15, 0.2) is 24.3 Å². The highest BCUT2D eigenvalue weighted by Crippen LogP contribution is 2.29. The summed E-state index contributed by atoms with van der Waals surface area (Å²) in [5.74, 6) is -1.25. The van der Waals surface area contributed by atoms with Crippen LogP contribution in [0.4, 0.5) is 0 Å². The number of carbonyl (C=O) groups excluding carboxylic acids is 3. The standard InChI is InChI=1S/C16H20N2O4/c1-4-12(13(17)19)22-9-16(2,3)18-14(20)10-7-5-6-8-11(10)15(18)21/h5-8,12H,4,9H2,1-3H3,(H2,17,19). The fourth-order valence-corrected chi connectivity index (χ4v) is 2.51. The van der Waals surface area contributed by atoms with Crippen molar-refractivity contribution in [3.63, 3.8) is 0 Å². The van der Waals surface area contributed by atoms with Crippen LogP contribution in [0.3, 0.4) is 0 Å². The van der Waals surface area contributed by atoms with Gasteiger partial charge in [-0.3, -0.25) is 19.3 Å². The van der Waals surface area contributed by atoms with E-state index >= 15 is 0 Å². The van der Waals surface area contributed by atoms with Gasteiger partial charge in [0.05, 0.1) is 23.3 Å². The lowest BCUT2D eigenvalue weighted by Crippen LogP contribution is -2.51. The molecule has 118 valence electrons. The zero-order valence-corrected chi connectivity index (χ0v) is 13.0. The van der Waals surface area contributed by atoms with E-state index in [9.17, 15) is 14.4 Å². The predicted molar refractivity (Wildman–Crippen MR) is 80.2 cm³/mol. The minimum absolute atomic E-state index is 0.0416. The molecule has 6 heteroatoms. The highest BCUT2D eigenvalue weighted by atomic mass is 16.5. The van der Waals surface area contributed by atoms with Gasteiger partial charge in [-0.05, 0) is 32.4 Å². The van der Waals surface area contributed by atoms with Crippen molar-refractivity contribution in [3.05, 3.63) is 35.4 Å². The molecule has 0 aliphatic carbocycles. The topological polar surface area (TPSA) is 89.7 Å². The number of hydrogen-bond acceptors (Lipinski definition) is 4. The molecule has 22 heavy (non-hydrogen) atoms. The molecule has 1 aliphatic rings. The zero-order valence-electron chi connectivity index (χ0n) is 13.0. The quantitative estimate of drug-likeness (QED) is 0.803. The highest BCUT2D eigenvalue weighted by molar-refractivity contribution is 6.21. The summed E-state index contributed by atoms with van der Waals surface area (Å²) in [5, 5.41) is 0. The Bertz CT molecular complexity index is 589. The molecule has 0 spiro atoms. The fourth-order valence-electron chi connectivity index (χ4n) is 2.51. The highest BCUT2D eigenvalue weighted by Gasteiger charge is 2.44. The monoisotopic (exact) mass is 304 g/mol. The van der Waals surface area contributed by atoms with Gasteiger partial charge in [0.1, 0.15) is 6.10 Å². The number of hydrogen-bond donors (Lipinski definition) is 1. The molecule has 0 radical (unpaired) electrons. The lowest BCUT2D eigenvalue weighted by Gasteiger charge is -2.34. The predicted octanol–water partition coefficient (Wildman–Crippen LogP) is 1.34. The van der Waals surface area contributed by atoms with E-state index in [1.165, 1.54) is 4.90 Å². The third-order valence-electron chi connectivity index (χ3n) is 3.73. The Balaban J connectivity index is 2.19. The Hall–Kier alpha value is -2.21. The van der Waals surface area contributed by atoms with Crippen molar-refractivity contribution in [2.75, 3.05) is 6.61 Å². The van der Waals surface area contributed by atoms with Crippen molar-refractivity contribution in [1.82, 2.24) is 4.90 Å². The number of rotatable bonds is 6. The summed E-state index contributed by atoms with van der Waals surface area (Å²) in [5.41, 5.74) is 5.15. The van der Waals surface area contributed by atoms with Crippen LogP contribution in [-0.4, -0.2) is 40.9 Å². The van der Waals surface area contributed by atoms with E-state index in [1.807, 2.05) is 0 Å². The number of amides is 3. The van der Waals surface area contributed by atoms with Gasteiger partial charge in [-0.2, -0.15) is 0 Å². The molecule has 1 heterocycles. The van der Waals surface area contributed by atoms with Crippen LogP contribution < -0.4 is 5.73 Å². The van der Waals surface area contributed by atoms with E-state index in [-0.39, 0.29) is 18.4 Å². The summed E-state index contributed by atoms with van der Waals surface area (Å²) >= 11 is 0. The summed E-state index contributed by atoms with van der Waals surface area (Å²) in [6, 6.07) is 6.70. The molecule has 0 aromatic heterocycles. The Kier molecular flexibility index (Phi) is 4.32. The molecule has 1 atom stereocenters. The van der Waals surface area contributed by atoms with Crippen molar-refractivity contribution in [1.29, 1.82) is 0 Å². The molecule has 6 nitrogen and oxygen atoms in total. The Morgan fingerprint density at radius 3 is 2.14 bits per heavy atom. The Morgan fingerprint density at radius 2 is 1.73 bits per heavy atom. The Morgan fingerprint density at radius 1 is 1.23 bits per heavy atom. The summed E-state index contributed by atoms with van der Waals surface area (Å²) in [4.78, 5) is 37.3. The normalized spacial score (nSPS) is 15.9. The van der Waals surface area contributed by atoms with E-state index in [2.05, 4.69) is 0 Å². The third kappa shape index (κ3) is 2.74. The second-order valence-corrected chi connectivity index (χ2v) is 5.91. The van der Waals surface area contributed by atoms with Crippen molar-refractivity contribution < 1.29 is 19.1 Å². The fraction of sp³-hybridized carbons (Fsp3) is 0.438. The van der Waals surface area contributed by atoms with E-state index in [4.69, 9.17) is 10.5 Å². The number of benzene rings is 1. The molecule has 3 amide bonds. The van der Waals surface area contributed by atoms with Crippen LogP contribution in [0.25, 0.3) is 0 Å². The summed E-state index contributed by atoms with van der Waals surface area (Å²) in [6.07, 6.45) is -0.289. The maximum atomic E-state index is 12.5. The van der Waals surface area contributed by atoms with E-state index in [0.29, 0.717) is 17.5 Å². The number of nitrogens with zero attached hydrogens (tertiary/aromatic N) is 1. The van der Waals surface area contributed by atoms with E-state index in [0.717, 1.165) is 0 Å². The minimum Gasteiger partial charge on any atom is -0.367 e. The third-order valence-corrected chi connectivity index (χ3v) is 3.73. The summed E-state index contributed by atoms with van der Waals surface area (Å²) in [7, 11) is 0. The molecule has 1 unspecified atom stereocenters. The van der Waals surface area contributed by atoms with Gasteiger partial charge in [0.2, 0.25) is 5.91 Å². The van der Waals surface area contributed by atoms with Gasteiger partial charge in [-0.15, -0.1) is 0 Å². The summed E-state index contributed by atoms with van der Waals surface area (Å²) in [6.45, 7) is 5.27. The van der Waals surface area contributed by atoms with Crippen LogP contribution in [0.1, 0.15) is 47.9 Å². The van der Waals surface area contributed by atoms with Crippen molar-refractivity contribution in [2.45, 2.75) is 38.8 Å². The second kappa shape index (κ2) is 5.88. The largest absolute Gasteiger partial charge is 0.367 e. The summed E-state index contributed by atoms with van der Waals surface area (Å²) < 4.78 is 5.50. The smallest absolute Gasteiger partial charge is 0.262 e. The van der Waals surface area contributed by atoms with E-state index < -0.39 is 17.6 Å². The first-order valence-electron chi connectivity index (χ1n) is 7.18. The van der Waals surface area contributed by atoms with Gasteiger partial charge in [0.25, 0.3) is 11.8 Å². The van der Waals surface area contributed by atoms with Gasteiger partial charge in [0.15, 0.2) is 0 Å². The maximum Gasteiger partial charge on any atom is 0.262 e. The first-order valence-corrected chi connectivity index (χ1v) is 7.18. The van der Waals surface area contributed by atoms with Crippen LogP contribution in [0.5, 0.6) is 0 Å². The molecule has 2 rings (SSSR count). The first-order chi connectivity index (χ1) is 10.3. The molecular weight excluding hydrogens is 284 g/mol. The molecule has 0 bridgehead atoms. The van der Waals surface area contributed by atoms with Crippen LogP contribution in [-0.2, 0) is 9.53 Å². The molecule has 0 saturated heterocycles. The molecule has 2 N–H and O–H groups in total. The molecule has 0 saturated carbocycles. The lowest BCUT2D eigenvalue weighted by atomic mass is 10.0. The van der Waals surface area contributed by atoms with Crippen LogP contribution in [0.2, 0.25) is 0 Å². The number of ether oxygens (including phenoxy) is 1. The first kappa shape index (κ1) is 16.2. The van der Waals surface area contributed by atoms with Gasteiger partial charge < -0.3 is 10.5 Å². The number of carbonyl (C=O) groups is 3. The second-order valence-electron chi connectivity index (χ2n) is 5.91. The number of nitrogens with two attached hydrogens (primary N) is 1. The van der Waals surface area contributed by atoms with Crippen molar-refractivity contribution >= 4 is 17.7 Å². The average Bonchev–Trinajstić information content (AvgIpc) is 2.72. The van der Waals surface area contributed by atoms with Crippen LogP contribution >= 0.6 is 0 Å². The molecule has 1 aromatic carbocycles. The van der Waals surface area contributed by atoms with Crippen molar-refractivity contribution in [2.24, 2.45) is 5.73 Å². The van der Waals surface area contributed by atoms with Gasteiger partial charge in [0, 0.05) is 0 Å². The van der Waals surface area contributed by atoms with E-state index in [1.54, 1.807) is 45.0 Å². The molecular formula is C16H20N2O4. The SMILES string of the molecule is CCC(OCC(C)(C)N1C(=O)c2ccccc2C1=O)C(N)=O. The molecule has 0 fully saturated rings. The molecule has 1 aliphatic heterocycles. The zero-order chi connectivity index (χ0) is 16.5. The average molecular weight is 304 g/mol. The van der Waals surface area contributed by atoms with Crippen molar-refractivity contribution in [3.8, 4) is 0 Å². The lowest BCUT2D eigenvalue weighted by molar-refractivity contribution is -0.131. The number of fused-ring (bicyclic) bond motifs is 1.